The molecule has 5 nitrogen and oxygen atoms in total. The standard InChI is InChI=1S/C11H14N2O3/c1-4-6-7(3)11(5-2)8(14)12-10(16)13-9(11)15/h4-5,7H,1-2,6H2,3H3,(H2,12,13,14,15,16). The number of nitrogens with one attached hydrogen (secondary N) is 2. The number of hydrogen-bond acceptors (Lipinski definition) is 3. The van der Waals surface area contributed by atoms with E-state index in [1.165, 1.54) is 6.08 Å². The van der Waals surface area contributed by atoms with Gasteiger partial charge in [0.1, 0.15) is 5.41 Å². The number of carbonyl (C=O) groups is 3. The molecule has 1 heterocycles. The van der Waals surface area contributed by atoms with E-state index in [0.717, 1.165) is 0 Å². The topological polar surface area (TPSA) is 75.3 Å². The molecule has 0 spiro atoms. The molecule has 1 rings (SSSR count). The third-order valence-electron chi connectivity index (χ3n) is 2.83. The van der Waals surface area contributed by atoms with Gasteiger partial charge in [0.25, 0.3) is 0 Å². The summed E-state index contributed by atoms with van der Waals surface area (Å²) in [5, 5.41) is 4.15. The third kappa shape index (κ3) is 1.64. The number of allylic oxidation sites excluding steroid dienone is 1. The Morgan fingerprint density at radius 1 is 1.25 bits per heavy atom. The van der Waals surface area contributed by atoms with E-state index in [9.17, 15) is 14.4 Å². The van der Waals surface area contributed by atoms with Crippen molar-refractivity contribution in [2.45, 2.75) is 13.3 Å². The molecule has 0 aromatic rings. The highest BCUT2D eigenvalue weighted by Crippen LogP contribution is 2.34. The molecule has 16 heavy (non-hydrogen) atoms. The molecule has 5 heteroatoms. The highest BCUT2D eigenvalue weighted by atomic mass is 16.2. The summed E-state index contributed by atoms with van der Waals surface area (Å²) < 4.78 is 0. The van der Waals surface area contributed by atoms with Gasteiger partial charge in [0.15, 0.2) is 0 Å². The normalized spacial score (nSPS) is 20.7. The predicted octanol–water partition coefficient (Wildman–Crippen LogP) is 0.737. The number of hydrogen-bond donors (Lipinski definition) is 2. The Bertz CT molecular complexity index is 353. The molecule has 1 saturated heterocycles. The molecule has 0 aliphatic carbocycles. The van der Waals surface area contributed by atoms with Crippen LogP contribution < -0.4 is 10.6 Å². The van der Waals surface area contributed by atoms with Crippen molar-refractivity contribution in [3.8, 4) is 0 Å². The van der Waals surface area contributed by atoms with Crippen molar-refractivity contribution in [2.24, 2.45) is 11.3 Å². The van der Waals surface area contributed by atoms with Crippen LogP contribution in [0.2, 0.25) is 0 Å². The van der Waals surface area contributed by atoms with Crippen LogP contribution in [0.25, 0.3) is 0 Å². The van der Waals surface area contributed by atoms with E-state index in [1.54, 1.807) is 13.0 Å². The minimum absolute atomic E-state index is 0.310. The van der Waals surface area contributed by atoms with Crippen LogP contribution >= 0.6 is 0 Å². The summed E-state index contributed by atoms with van der Waals surface area (Å²) in [5.41, 5.74) is -1.40. The van der Waals surface area contributed by atoms with Gasteiger partial charge < -0.3 is 0 Å². The SMILES string of the molecule is C=CCC(C)C1(C=C)C(=O)NC(=O)NC1=O. The minimum Gasteiger partial charge on any atom is -0.277 e. The summed E-state index contributed by atoms with van der Waals surface area (Å²) >= 11 is 0. The highest BCUT2D eigenvalue weighted by molar-refractivity contribution is 6.20. The van der Waals surface area contributed by atoms with Crippen molar-refractivity contribution in [1.82, 2.24) is 10.6 Å². The molecule has 0 bridgehead atoms. The first-order valence-corrected chi connectivity index (χ1v) is 4.90. The lowest BCUT2D eigenvalue weighted by Gasteiger charge is -2.35. The van der Waals surface area contributed by atoms with E-state index in [0.29, 0.717) is 6.42 Å². The monoisotopic (exact) mass is 222 g/mol. The first-order valence-electron chi connectivity index (χ1n) is 4.90. The lowest BCUT2D eigenvalue weighted by Crippen LogP contribution is -2.63. The van der Waals surface area contributed by atoms with Gasteiger partial charge in [-0.2, -0.15) is 0 Å². The van der Waals surface area contributed by atoms with Crippen LogP contribution in [0.1, 0.15) is 13.3 Å². The summed E-state index contributed by atoms with van der Waals surface area (Å²) in [6.45, 7) is 8.81. The molecule has 0 saturated carbocycles. The van der Waals surface area contributed by atoms with Crippen molar-refractivity contribution in [2.75, 3.05) is 0 Å². The van der Waals surface area contributed by atoms with Crippen LogP contribution in [0.15, 0.2) is 25.3 Å². The van der Waals surface area contributed by atoms with Crippen LogP contribution in [0.3, 0.4) is 0 Å². The Hall–Kier alpha value is -1.91. The van der Waals surface area contributed by atoms with Gasteiger partial charge in [-0.05, 0) is 12.3 Å². The van der Waals surface area contributed by atoms with E-state index >= 15 is 0 Å². The Morgan fingerprint density at radius 2 is 1.75 bits per heavy atom. The zero-order valence-electron chi connectivity index (χ0n) is 9.08. The van der Waals surface area contributed by atoms with E-state index in [1.807, 2.05) is 0 Å². The van der Waals surface area contributed by atoms with Gasteiger partial charge in [-0.3, -0.25) is 20.2 Å². The highest BCUT2D eigenvalue weighted by Gasteiger charge is 2.51. The molecule has 0 aromatic carbocycles. The smallest absolute Gasteiger partial charge is 0.277 e. The Balaban J connectivity index is 3.14. The maximum Gasteiger partial charge on any atom is 0.328 e. The largest absolute Gasteiger partial charge is 0.328 e. The second kappa shape index (κ2) is 4.30. The second-order valence-corrected chi connectivity index (χ2v) is 3.74. The van der Waals surface area contributed by atoms with Crippen LogP contribution in [0.4, 0.5) is 4.79 Å². The van der Waals surface area contributed by atoms with Gasteiger partial charge in [0.2, 0.25) is 11.8 Å². The summed E-state index contributed by atoms with van der Waals surface area (Å²) in [7, 11) is 0. The zero-order chi connectivity index (χ0) is 12.3. The fourth-order valence-corrected chi connectivity index (χ4v) is 1.82. The van der Waals surface area contributed by atoms with Crippen molar-refractivity contribution in [3.63, 3.8) is 0 Å². The van der Waals surface area contributed by atoms with Crippen LogP contribution in [0.5, 0.6) is 0 Å². The average Bonchev–Trinajstić information content (AvgIpc) is 2.18. The minimum atomic E-state index is -1.40. The van der Waals surface area contributed by atoms with Crippen molar-refractivity contribution in [1.29, 1.82) is 0 Å². The van der Waals surface area contributed by atoms with Gasteiger partial charge in [0, 0.05) is 0 Å². The lowest BCUT2D eigenvalue weighted by atomic mass is 9.72. The molecule has 86 valence electrons. The quantitative estimate of drug-likeness (QED) is 0.544. The van der Waals surface area contributed by atoms with Crippen molar-refractivity contribution in [3.05, 3.63) is 25.3 Å². The molecule has 0 radical (unpaired) electrons. The van der Waals surface area contributed by atoms with E-state index < -0.39 is 23.3 Å². The first-order chi connectivity index (χ1) is 7.48. The maximum atomic E-state index is 11.8. The molecular formula is C11H14N2O3. The van der Waals surface area contributed by atoms with Gasteiger partial charge in [0.05, 0.1) is 0 Å². The fraction of sp³-hybridized carbons (Fsp3) is 0.364. The first kappa shape index (κ1) is 12.2. The van der Waals surface area contributed by atoms with Gasteiger partial charge >= 0.3 is 6.03 Å². The van der Waals surface area contributed by atoms with Gasteiger partial charge in [-0.15, -0.1) is 13.2 Å². The number of rotatable bonds is 4. The van der Waals surface area contributed by atoms with Crippen LogP contribution in [0, 0.1) is 11.3 Å². The van der Waals surface area contributed by atoms with Crippen LogP contribution in [-0.2, 0) is 9.59 Å². The summed E-state index contributed by atoms with van der Waals surface area (Å²) in [6.07, 6.45) is 3.37. The molecule has 1 aliphatic heterocycles. The van der Waals surface area contributed by atoms with Crippen molar-refractivity contribution >= 4 is 17.8 Å². The molecule has 1 atom stereocenters. The van der Waals surface area contributed by atoms with Gasteiger partial charge in [-0.1, -0.05) is 19.1 Å². The van der Waals surface area contributed by atoms with E-state index in [2.05, 4.69) is 23.8 Å². The number of urea groups is 1. The second-order valence-electron chi connectivity index (χ2n) is 3.74. The lowest BCUT2D eigenvalue weighted by molar-refractivity contribution is -0.143. The molecule has 1 aliphatic rings. The van der Waals surface area contributed by atoms with E-state index in [-0.39, 0.29) is 5.92 Å². The zero-order valence-corrected chi connectivity index (χ0v) is 9.08. The molecule has 4 amide bonds. The molecule has 1 fully saturated rings. The van der Waals surface area contributed by atoms with E-state index in [4.69, 9.17) is 0 Å². The maximum absolute atomic E-state index is 11.8. The molecule has 1 unspecified atom stereocenters. The Labute approximate surface area is 93.6 Å². The van der Waals surface area contributed by atoms with Crippen molar-refractivity contribution < 1.29 is 14.4 Å². The third-order valence-corrected chi connectivity index (χ3v) is 2.83. The average molecular weight is 222 g/mol. The van der Waals surface area contributed by atoms with Gasteiger partial charge in [-0.25, -0.2) is 4.79 Å². The Morgan fingerprint density at radius 3 is 2.12 bits per heavy atom. The fourth-order valence-electron chi connectivity index (χ4n) is 1.82. The Kier molecular flexibility index (Phi) is 3.27. The molecule has 0 aromatic heterocycles. The summed E-state index contributed by atoms with van der Waals surface area (Å²) in [5.74, 6) is -1.58. The summed E-state index contributed by atoms with van der Waals surface area (Å²) in [4.78, 5) is 34.5. The number of imide groups is 2. The number of barbiturate groups is 1. The predicted molar refractivity (Wildman–Crippen MR) is 58.3 cm³/mol. The molecule has 2 N–H and O–H groups in total. The summed E-state index contributed by atoms with van der Waals surface area (Å²) in [6, 6.07) is -0.793. The molecular weight excluding hydrogens is 208 g/mol. The number of carbonyl (C=O) groups excluding carboxylic acids is 3. The number of amides is 4. The van der Waals surface area contributed by atoms with Crippen LogP contribution in [-0.4, -0.2) is 17.8 Å².